The molecule has 0 aromatic carbocycles. The second-order valence-electron chi connectivity index (χ2n) is 9.74. The maximum atomic E-state index is 12.9. The normalized spacial score (nSPS) is 24.4. The van der Waals surface area contributed by atoms with Crippen LogP contribution in [0.15, 0.2) is 73.0 Å². The van der Waals surface area contributed by atoms with Gasteiger partial charge in [-0.2, -0.15) is 67.3 Å². The summed E-state index contributed by atoms with van der Waals surface area (Å²) in [5.74, 6) is -2.51. The van der Waals surface area contributed by atoms with Gasteiger partial charge in [-0.05, 0) is 36.4 Å². The van der Waals surface area contributed by atoms with Crippen molar-refractivity contribution in [3.63, 3.8) is 0 Å². The Balaban J connectivity index is 0.0000108. The SMILES string of the molecule is O=S(=O)(O)OS(=O)(=O)OC1C=CC(OS(=O)(=O)OS(=O)(=O)O)(C(c2ccccn2)C2(OS(=O)(=O)OS(=O)(=O)O)C=CC(OS(=O)(=O)OS(=O)(=O)O)C=C2)C=C1.[NaH]. The van der Waals surface area contributed by atoms with E-state index < -0.39 is 118 Å². The molecule has 38 heteroatoms. The summed E-state index contributed by atoms with van der Waals surface area (Å²) in [5, 5.41) is 0. The molecule has 56 heavy (non-hydrogen) atoms. The molecule has 29 nitrogen and oxygen atoms in total. The summed E-state index contributed by atoms with van der Waals surface area (Å²) in [6.45, 7) is 0. The van der Waals surface area contributed by atoms with Crippen LogP contribution in [-0.2, 0) is 114 Å². The van der Waals surface area contributed by atoms with Crippen LogP contribution in [-0.4, -0.2) is 144 Å². The van der Waals surface area contributed by atoms with Gasteiger partial charge in [0.2, 0.25) is 0 Å². The predicted octanol–water partition coefficient (Wildman–Crippen LogP) is -3.69. The minimum absolute atomic E-state index is 0. The summed E-state index contributed by atoms with van der Waals surface area (Å²) in [5.41, 5.74) is -7.15. The van der Waals surface area contributed by atoms with E-state index in [4.69, 9.17) is 26.6 Å². The second-order valence-corrected chi connectivity index (χ2v) is 19.3. The molecule has 1 aromatic heterocycles. The molecule has 314 valence electrons. The summed E-state index contributed by atoms with van der Waals surface area (Å²) in [7, 11) is -47.4. The molecule has 0 saturated carbocycles. The van der Waals surface area contributed by atoms with E-state index in [2.05, 4.69) is 27.9 Å². The first kappa shape index (κ1) is 50.4. The van der Waals surface area contributed by atoms with E-state index in [-0.39, 0.29) is 29.6 Å². The van der Waals surface area contributed by atoms with E-state index in [9.17, 15) is 67.3 Å². The Labute approximate surface area is 339 Å². The average Bonchev–Trinajstić information content (AvgIpc) is 2.90. The fourth-order valence-corrected chi connectivity index (χ4v) is 10.2. The molecule has 0 fully saturated rings. The number of rotatable bonds is 19. The van der Waals surface area contributed by atoms with Gasteiger partial charge in [-0.1, -0.05) is 30.4 Å². The van der Waals surface area contributed by atoms with Crippen molar-refractivity contribution in [2.45, 2.75) is 29.3 Å². The number of pyridine rings is 1. The molecule has 0 radical (unpaired) electrons. The fourth-order valence-electron chi connectivity index (χ4n) is 4.41. The summed E-state index contributed by atoms with van der Waals surface area (Å²) in [6, 6.07) is 3.16. The minimum atomic E-state index is -6.20. The Morgan fingerprint density at radius 2 is 0.804 bits per heavy atom. The third-order valence-corrected chi connectivity index (χ3v) is 13.0. The molecule has 0 unspecified atom stereocenters. The molecule has 1 heterocycles. The van der Waals surface area contributed by atoms with Crippen LogP contribution in [0, 0.1) is 0 Å². The van der Waals surface area contributed by atoms with Crippen molar-refractivity contribution in [3.8, 4) is 0 Å². The quantitative estimate of drug-likeness (QED) is 0.0589. The van der Waals surface area contributed by atoms with Gasteiger partial charge in [0.15, 0.2) is 0 Å². The van der Waals surface area contributed by atoms with Crippen molar-refractivity contribution in [2.75, 3.05) is 0 Å². The topological polar surface area (TPSA) is 441 Å². The van der Waals surface area contributed by atoms with Crippen molar-refractivity contribution < 1.29 is 117 Å². The Hall–Kier alpha value is -1.77. The van der Waals surface area contributed by atoms with Gasteiger partial charge in [0.05, 0.1) is 11.6 Å². The zero-order valence-electron chi connectivity index (χ0n) is 25.5. The molecular formula is C18H20NNaO28S8. The van der Waals surface area contributed by atoms with Gasteiger partial charge in [-0.3, -0.25) is 23.2 Å². The monoisotopic (exact) mass is 977 g/mol. The average molecular weight is 978 g/mol. The number of aromatic nitrogens is 1. The van der Waals surface area contributed by atoms with Crippen LogP contribution >= 0.6 is 0 Å². The predicted molar refractivity (Wildman–Crippen MR) is 174 cm³/mol. The summed E-state index contributed by atoms with van der Waals surface area (Å²) >= 11 is 0. The van der Waals surface area contributed by atoms with Gasteiger partial charge in [-0.25, -0.2) is 16.7 Å². The van der Waals surface area contributed by atoms with E-state index in [0.717, 1.165) is 18.3 Å². The Morgan fingerprint density at radius 3 is 1.07 bits per heavy atom. The van der Waals surface area contributed by atoms with Gasteiger partial charge in [0, 0.05) is 6.20 Å². The Bertz CT molecular complexity index is 2470. The van der Waals surface area contributed by atoms with Crippen LogP contribution in [0.2, 0.25) is 0 Å². The molecule has 0 spiro atoms. The third-order valence-electron chi connectivity index (χ3n) is 5.70. The molecule has 0 amide bonds. The zero-order chi connectivity index (χ0) is 42.2. The molecule has 1 aromatic rings. The van der Waals surface area contributed by atoms with E-state index in [0.29, 0.717) is 48.6 Å². The number of nitrogens with zero attached hydrogens (tertiary/aromatic N) is 1. The third kappa shape index (κ3) is 16.1. The van der Waals surface area contributed by atoms with E-state index in [1.165, 1.54) is 6.07 Å². The molecule has 4 N–H and O–H groups in total. The van der Waals surface area contributed by atoms with Gasteiger partial charge in [-0.15, -0.1) is 14.5 Å². The number of hydrogen-bond acceptors (Lipinski definition) is 25. The molecule has 0 aliphatic heterocycles. The first-order valence-corrected chi connectivity index (χ1v) is 23.5. The number of hydrogen-bond donors (Lipinski definition) is 4. The van der Waals surface area contributed by atoms with Crippen LogP contribution in [0.25, 0.3) is 0 Å². The zero-order valence-corrected chi connectivity index (χ0v) is 32.0. The van der Waals surface area contributed by atoms with Crippen molar-refractivity contribution in [1.82, 2.24) is 4.98 Å². The van der Waals surface area contributed by atoms with E-state index in [1.807, 2.05) is 0 Å². The van der Waals surface area contributed by atoms with Gasteiger partial charge in [0.1, 0.15) is 23.4 Å². The van der Waals surface area contributed by atoms with E-state index >= 15 is 0 Å². The second kappa shape index (κ2) is 17.4. The van der Waals surface area contributed by atoms with Crippen LogP contribution in [0.5, 0.6) is 0 Å². The van der Waals surface area contributed by atoms with Gasteiger partial charge >= 0.3 is 113 Å². The standard InChI is InChI=1S/C18H19NO28S8.Na.H/c20-48(21,22)44-52(32,33)40-13-4-8-17(9-5-13,42-54(36,37)46-50(26,27)28)16(15-3-1-2-12-19-15)18(43-55(38,39)47-51(29,30)31)10-6-14(7-11-18)41-53(34,35)45-49(23,24)25;;/h1-14,16H,(H,20,21,22)(H,23,24,25)(H,26,27,28)(H,29,30,31);;. The molecule has 3 rings (SSSR count). The van der Waals surface area contributed by atoms with Gasteiger partial charge < -0.3 is 0 Å². The van der Waals surface area contributed by atoms with Crippen molar-refractivity contribution in [2.24, 2.45) is 0 Å². The molecule has 0 bridgehead atoms. The van der Waals surface area contributed by atoms with Crippen molar-refractivity contribution in [1.29, 1.82) is 0 Å². The fraction of sp³-hybridized carbons (Fsp3) is 0.278. The first-order chi connectivity index (χ1) is 24.5. The maximum absolute atomic E-state index is 12.9. The van der Waals surface area contributed by atoms with Crippen LogP contribution in [0.3, 0.4) is 0 Å². The molecule has 2 aliphatic rings. The van der Waals surface area contributed by atoms with Crippen molar-refractivity contribution in [3.05, 3.63) is 78.7 Å². The van der Waals surface area contributed by atoms with Crippen molar-refractivity contribution >= 4 is 113 Å². The molecular weight excluding hydrogens is 958 g/mol. The summed E-state index contributed by atoms with van der Waals surface area (Å²) in [4.78, 5) is 3.88. The summed E-state index contributed by atoms with van der Waals surface area (Å²) < 4.78 is 257. The Morgan fingerprint density at radius 1 is 0.500 bits per heavy atom. The summed E-state index contributed by atoms with van der Waals surface area (Å²) in [6.07, 6.45) is -0.133. The van der Waals surface area contributed by atoms with Gasteiger partial charge in [0.25, 0.3) is 0 Å². The van der Waals surface area contributed by atoms with Crippen LogP contribution < -0.4 is 0 Å². The Kier molecular flexibility index (Phi) is 15.7. The molecule has 2 aliphatic carbocycles. The van der Waals surface area contributed by atoms with E-state index in [1.54, 1.807) is 0 Å². The van der Waals surface area contributed by atoms with Crippen LogP contribution in [0.4, 0.5) is 0 Å². The van der Waals surface area contributed by atoms with Crippen LogP contribution in [0.1, 0.15) is 11.6 Å². The molecule has 0 saturated heterocycles. The molecule has 0 atom stereocenters. The first-order valence-electron chi connectivity index (χ1n) is 12.7.